The summed E-state index contributed by atoms with van der Waals surface area (Å²) in [5.41, 5.74) is 1.92. The minimum Gasteiger partial charge on any atom is -0.465 e. The quantitative estimate of drug-likeness (QED) is 0.333. The second-order valence-corrected chi connectivity index (χ2v) is 10.6. The maximum Gasteiger partial charge on any atom is 0.410 e. The number of methoxy groups -OCH3 is 1. The molecule has 0 N–H and O–H groups in total. The molecule has 1 saturated heterocycles. The molecule has 0 unspecified atom stereocenters. The second kappa shape index (κ2) is 11.5. The SMILES string of the molecule is COC(=O)c1c(Cl)cccc1Oc1cncc(C)c1-c1ccc(N2CCN(C(=O)OC(C)(C)C)CC2)c(F)c1. The molecule has 0 radical (unpaired) electrons. The van der Waals surface area contributed by atoms with Gasteiger partial charge in [0.05, 0.1) is 24.0 Å². The highest BCUT2D eigenvalue weighted by molar-refractivity contribution is 6.34. The number of aryl methyl sites for hydroxylation is 1. The molecule has 1 aromatic heterocycles. The minimum atomic E-state index is -0.639. The van der Waals surface area contributed by atoms with Crippen molar-refractivity contribution in [2.45, 2.75) is 33.3 Å². The van der Waals surface area contributed by atoms with Crippen molar-refractivity contribution in [2.24, 2.45) is 0 Å². The fourth-order valence-corrected chi connectivity index (χ4v) is 4.61. The van der Waals surface area contributed by atoms with Gasteiger partial charge >= 0.3 is 12.1 Å². The lowest BCUT2D eigenvalue weighted by molar-refractivity contribution is 0.0240. The number of halogens is 2. The average Bonchev–Trinajstić information content (AvgIpc) is 2.87. The molecule has 206 valence electrons. The molecule has 0 saturated carbocycles. The van der Waals surface area contributed by atoms with Crippen molar-refractivity contribution in [3.8, 4) is 22.6 Å². The maximum atomic E-state index is 15.5. The van der Waals surface area contributed by atoms with E-state index < -0.39 is 17.4 Å². The highest BCUT2D eigenvalue weighted by Gasteiger charge is 2.27. The van der Waals surface area contributed by atoms with E-state index in [4.69, 9.17) is 25.8 Å². The average molecular weight is 556 g/mol. The Labute approximate surface area is 232 Å². The normalized spacial score (nSPS) is 13.7. The van der Waals surface area contributed by atoms with Crippen LogP contribution < -0.4 is 9.64 Å². The number of carbonyl (C=O) groups excluding carboxylic acids is 2. The molecule has 0 spiro atoms. The number of hydrogen-bond acceptors (Lipinski definition) is 7. The minimum absolute atomic E-state index is 0.0844. The first-order valence-electron chi connectivity index (χ1n) is 12.5. The molecule has 3 aromatic rings. The summed E-state index contributed by atoms with van der Waals surface area (Å²) in [6, 6.07) is 9.81. The van der Waals surface area contributed by atoms with Crippen LogP contribution in [0.1, 0.15) is 36.7 Å². The van der Waals surface area contributed by atoms with E-state index in [9.17, 15) is 9.59 Å². The van der Waals surface area contributed by atoms with Crippen LogP contribution in [-0.4, -0.2) is 60.8 Å². The van der Waals surface area contributed by atoms with Crippen LogP contribution in [0.2, 0.25) is 5.02 Å². The lowest BCUT2D eigenvalue weighted by Crippen LogP contribution is -2.50. The predicted molar refractivity (Wildman–Crippen MR) is 147 cm³/mol. The summed E-state index contributed by atoms with van der Waals surface area (Å²) in [6.07, 6.45) is 2.79. The highest BCUT2D eigenvalue weighted by Crippen LogP contribution is 2.39. The molecule has 0 bridgehead atoms. The van der Waals surface area contributed by atoms with E-state index in [1.807, 2.05) is 38.7 Å². The Hall–Kier alpha value is -3.85. The van der Waals surface area contributed by atoms with Crippen LogP contribution in [0.4, 0.5) is 14.9 Å². The van der Waals surface area contributed by atoms with Crippen LogP contribution in [0.15, 0.2) is 48.8 Å². The summed E-state index contributed by atoms with van der Waals surface area (Å²) < 4.78 is 31.9. The number of amides is 1. The van der Waals surface area contributed by atoms with Crippen molar-refractivity contribution in [2.75, 3.05) is 38.2 Å². The van der Waals surface area contributed by atoms with Crippen LogP contribution in [-0.2, 0) is 9.47 Å². The van der Waals surface area contributed by atoms with Gasteiger partial charge in [-0.1, -0.05) is 23.7 Å². The van der Waals surface area contributed by atoms with Crippen molar-refractivity contribution < 1.29 is 28.2 Å². The van der Waals surface area contributed by atoms with Crippen LogP contribution >= 0.6 is 11.6 Å². The monoisotopic (exact) mass is 555 g/mol. The standard InChI is InChI=1S/C29H31ClFN3O5/c1-18-16-32-17-24(38-23-8-6-7-20(30)26(23)27(35)37-5)25(18)19-9-10-22(21(31)15-19)33-11-13-34(14-12-33)28(36)39-29(2,3)4/h6-10,15-17H,11-14H2,1-5H3. The number of pyridine rings is 1. The van der Waals surface area contributed by atoms with E-state index >= 15 is 4.39 Å². The van der Waals surface area contributed by atoms with E-state index in [0.29, 0.717) is 48.7 Å². The van der Waals surface area contributed by atoms with Crippen LogP contribution in [0.5, 0.6) is 11.5 Å². The third-order valence-corrected chi connectivity index (χ3v) is 6.51. The van der Waals surface area contributed by atoms with Gasteiger partial charge in [-0.25, -0.2) is 14.0 Å². The van der Waals surface area contributed by atoms with E-state index in [-0.39, 0.29) is 22.4 Å². The number of esters is 1. The summed E-state index contributed by atoms with van der Waals surface area (Å²) in [6.45, 7) is 9.13. The van der Waals surface area contributed by atoms with E-state index in [1.54, 1.807) is 35.4 Å². The van der Waals surface area contributed by atoms with Gasteiger partial charge in [0.1, 0.15) is 22.7 Å². The van der Waals surface area contributed by atoms with Crippen molar-refractivity contribution in [3.05, 3.63) is 70.8 Å². The Morgan fingerprint density at radius 1 is 1.03 bits per heavy atom. The largest absolute Gasteiger partial charge is 0.465 e. The Kier molecular flexibility index (Phi) is 8.30. The van der Waals surface area contributed by atoms with Gasteiger partial charge in [-0.2, -0.15) is 0 Å². The number of anilines is 1. The third kappa shape index (κ3) is 6.42. The molecule has 1 amide bonds. The fourth-order valence-electron chi connectivity index (χ4n) is 4.37. The van der Waals surface area contributed by atoms with Gasteiger partial charge in [-0.3, -0.25) is 4.98 Å². The van der Waals surface area contributed by atoms with Crippen molar-refractivity contribution in [1.82, 2.24) is 9.88 Å². The van der Waals surface area contributed by atoms with Gasteiger partial charge in [0, 0.05) is 37.9 Å². The lowest BCUT2D eigenvalue weighted by atomic mass is 10.0. The number of aromatic nitrogens is 1. The van der Waals surface area contributed by atoms with Gasteiger partial charge in [-0.15, -0.1) is 0 Å². The van der Waals surface area contributed by atoms with Crippen LogP contribution in [0, 0.1) is 12.7 Å². The molecular formula is C29H31ClFN3O5. The molecule has 1 aliphatic rings. The molecule has 39 heavy (non-hydrogen) atoms. The second-order valence-electron chi connectivity index (χ2n) is 10.2. The number of ether oxygens (including phenoxy) is 3. The number of hydrogen-bond donors (Lipinski definition) is 0. The van der Waals surface area contributed by atoms with E-state index in [1.165, 1.54) is 19.4 Å². The van der Waals surface area contributed by atoms with E-state index in [2.05, 4.69) is 4.98 Å². The highest BCUT2D eigenvalue weighted by atomic mass is 35.5. The molecule has 2 heterocycles. The summed E-state index contributed by atoms with van der Waals surface area (Å²) in [5, 5.41) is 0.184. The zero-order valence-corrected chi connectivity index (χ0v) is 23.3. The molecule has 1 fully saturated rings. The molecule has 10 heteroatoms. The van der Waals surface area contributed by atoms with Crippen LogP contribution in [0.25, 0.3) is 11.1 Å². The van der Waals surface area contributed by atoms with Gasteiger partial charge in [0.15, 0.2) is 5.75 Å². The Morgan fingerprint density at radius 3 is 2.38 bits per heavy atom. The number of nitrogens with zero attached hydrogens (tertiary/aromatic N) is 3. The molecule has 1 aliphatic heterocycles. The summed E-state index contributed by atoms with van der Waals surface area (Å²) in [7, 11) is 1.26. The van der Waals surface area contributed by atoms with Gasteiger partial charge in [0.25, 0.3) is 0 Å². The Bertz CT molecular complexity index is 1380. The first kappa shape index (κ1) is 28.2. The molecule has 8 nitrogen and oxygen atoms in total. The first-order valence-corrected chi connectivity index (χ1v) is 12.9. The van der Waals surface area contributed by atoms with E-state index in [0.717, 1.165) is 5.56 Å². The van der Waals surface area contributed by atoms with Gasteiger partial charge < -0.3 is 24.0 Å². The molecule has 4 rings (SSSR count). The van der Waals surface area contributed by atoms with Crippen molar-refractivity contribution in [1.29, 1.82) is 0 Å². The fraction of sp³-hybridized carbons (Fsp3) is 0.345. The lowest BCUT2D eigenvalue weighted by Gasteiger charge is -2.36. The predicted octanol–water partition coefficient (Wildman–Crippen LogP) is 6.49. The number of benzene rings is 2. The maximum absolute atomic E-state index is 15.5. The Balaban J connectivity index is 1.57. The summed E-state index contributed by atoms with van der Waals surface area (Å²) in [5.74, 6) is -0.512. The smallest absolute Gasteiger partial charge is 0.410 e. The van der Waals surface area contributed by atoms with Crippen LogP contribution in [0.3, 0.4) is 0 Å². The van der Waals surface area contributed by atoms with Gasteiger partial charge in [-0.05, 0) is 63.1 Å². The summed E-state index contributed by atoms with van der Waals surface area (Å²) in [4.78, 5) is 32.5. The number of rotatable bonds is 5. The summed E-state index contributed by atoms with van der Waals surface area (Å²) >= 11 is 6.24. The number of piperazine rings is 1. The molecule has 0 atom stereocenters. The molecular weight excluding hydrogens is 525 g/mol. The third-order valence-electron chi connectivity index (χ3n) is 6.19. The molecule has 2 aromatic carbocycles. The topological polar surface area (TPSA) is 81.2 Å². The van der Waals surface area contributed by atoms with Crippen molar-refractivity contribution >= 4 is 29.4 Å². The molecule has 0 aliphatic carbocycles. The zero-order chi connectivity index (χ0) is 28.3. The van der Waals surface area contributed by atoms with Crippen molar-refractivity contribution in [3.63, 3.8) is 0 Å². The number of carbonyl (C=O) groups is 2. The van der Waals surface area contributed by atoms with Gasteiger partial charge in [0.2, 0.25) is 0 Å². The Morgan fingerprint density at radius 2 is 1.74 bits per heavy atom. The zero-order valence-electron chi connectivity index (χ0n) is 22.6. The first-order chi connectivity index (χ1) is 18.5.